The highest BCUT2D eigenvalue weighted by Crippen LogP contribution is 2.18. The maximum atomic E-state index is 5.12. The number of methoxy groups -OCH3 is 1. The molecule has 0 unspecified atom stereocenters. The third-order valence-corrected chi connectivity index (χ3v) is 1.85. The van der Waals surface area contributed by atoms with E-state index >= 15 is 0 Å². The number of nitrogens with one attached hydrogen (secondary N) is 1. The Kier molecular flexibility index (Phi) is 2.53. The summed E-state index contributed by atoms with van der Waals surface area (Å²) < 4.78 is 9.90. The van der Waals surface area contributed by atoms with Gasteiger partial charge in [0, 0.05) is 5.69 Å². The van der Waals surface area contributed by atoms with Gasteiger partial charge in [-0.2, -0.15) is 0 Å². The van der Waals surface area contributed by atoms with Gasteiger partial charge in [0.25, 0.3) is 0 Å². The molecule has 2 rings (SSSR count). The summed E-state index contributed by atoms with van der Waals surface area (Å²) in [5.41, 5.74) is 2.06. The summed E-state index contributed by atoms with van der Waals surface area (Å²) in [5.74, 6) is 0. The fraction of sp³-hybridized carbons (Fsp3) is 0.200. The van der Waals surface area contributed by atoms with Crippen LogP contribution in [0.25, 0.3) is 0 Å². The van der Waals surface area contributed by atoms with Crippen molar-refractivity contribution in [2.24, 2.45) is 0 Å². The number of ether oxygens (including phenoxy) is 1. The zero-order chi connectivity index (χ0) is 10.7. The molecule has 0 saturated heterocycles. The van der Waals surface area contributed by atoms with E-state index in [1.165, 1.54) is 7.11 Å². The van der Waals surface area contributed by atoms with Crippen molar-refractivity contribution in [1.29, 1.82) is 0 Å². The van der Waals surface area contributed by atoms with Crippen LogP contribution in [0.2, 0.25) is 0 Å². The second-order valence-corrected chi connectivity index (χ2v) is 3.07. The first-order valence-corrected chi connectivity index (χ1v) is 4.49. The molecule has 1 heterocycles. The summed E-state index contributed by atoms with van der Waals surface area (Å²) >= 11 is 0. The molecule has 0 fully saturated rings. The maximum absolute atomic E-state index is 5.12. The van der Waals surface area contributed by atoms with Crippen LogP contribution in [0.1, 0.15) is 5.56 Å². The minimum absolute atomic E-state index is 0.144. The molecule has 1 aromatic carbocycles. The van der Waals surface area contributed by atoms with Crippen LogP contribution in [-0.2, 0) is 0 Å². The molecule has 5 heteroatoms. The third kappa shape index (κ3) is 2.25. The molecule has 1 N–H and O–H groups in total. The number of anilines is 2. The number of aromatic nitrogens is 2. The summed E-state index contributed by atoms with van der Waals surface area (Å²) in [6, 6.07) is 8.18. The molecule has 0 atom stereocenters. The van der Waals surface area contributed by atoms with Crippen molar-refractivity contribution in [1.82, 2.24) is 10.2 Å². The summed E-state index contributed by atoms with van der Waals surface area (Å²) in [5, 5.41) is 10.4. The fourth-order valence-electron chi connectivity index (χ4n) is 1.19. The van der Waals surface area contributed by atoms with Crippen LogP contribution in [0.15, 0.2) is 28.7 Å². The van der Waals surface area contributed by atoms with E-state index in [1.54, 1.807) is 0 Å². The van der Waals surface area contributed by atoms with Gasteiger partial charge in [0.05, 0.1) is 7.11 Å². The average Bonchev–Trinajstić information content (AvgIpc) is 2.65. The zero-order valence-corrected chi connectivity index (χ0v) is 8.52. The Morgan fingerprint density at radius 2 is 2.20 bits per heavy atom. The standard InChI is InChI=1S/C10H11N3O2/c1-7-4-3-5-8(6-7)11-9-12-13-10(14-2)15-9/h3-6H,1-2H3,(H,11,12). The Hall–Kier alpha value is -2.04. The Morgan fingerprint density at radius 3 is 2.87 bits per heavy atom. The predicted molar refractivity (Wildman–Crippen MR) is 55.3 cm³/mol. The molecule has 0 saturated carbocycles. The van der Waals surface area contributed by atoms with E-state index in [4.69, 9.17) is 9.15 Å². The molecule has 0 aliphatic carbocycles. The minimum atomic E-state index is 0.144. The number of hydrogen-bond donors (Lipinski definition) is 1. The van der Waals surface area contributed by atoms with Crippen molar-refractivity contribution in [2.75, 3.05) is 12.4 Å². The molecule has 1 aromatic heterocycles. The van der Waals surface area contributed by atoms with E-state index in [0.717, 1.165) is 11.3 Å². The van der Waals surface area contributed by atoms with E-state index in [0.29, 0.717) is 6.01 Å². The minimum Gasteiger partial charge on any atom is -0.452 e. The van der Waals surface area contributed by atoms with Gasteiger partial charge in [0.15, 0.2) is 0 Å². The van der Waals surface area contributed by atoms with Crippen LogP contribution < -0.4 is 10.1 Å². The molecular formula is C10H11N3O2. The molecule has 2 aromatic rings. The van der Waals surface area contributed by atoms with Gasteiger partial charge in [-0.1, -0.05) is 22.3 Å². The summed E-state index contributed by atoms with van der Waals surface area (Å²) in [6.07, 6.45) is 0.144. The largest absolute Gasteiger partial charge is 0.452 e. The molecular weight excluding hydrogens is 194 g/mol. The quantitative estimate of drug-likeness (QED) is 0.831. The number of hydrogen-bond acceptors (Lipinski definition) is 5. The highest BCUT2D eigenvalue weighted by Gasteiger charge is 2.05. The Morgan fingerprint density at radius 1 is 1.33 bits per heavy atom. The first-order valence-electron chi connectivity index (χ1n) is 4.49. The van der Waals surface area contributed by atoms with Crippen molar-refractivity contribution in [2.45, 2.75) is 6.92 Å². The highest BCUT2D eigenvalue weighted by atomic mass is 16.6. The molecule has 15 heavy (non-hydrogen) atoms. The fourth-order valence-corrected chi connectivity index (χ4v) is 1.19. The molecule has 0 amide bonds. The Bertz CT molecular complexity index is 453. The lowest BCUT2D eigenvalue weighted by atomic mass is 10.2. The number of nitrogens with zero attached hydrogens (tertiary/aromatic N) is 2. The van der Waals surface area contributed by atoms with Crippen LogP contribution in [0, 0.1) is 6.92 Å². The lowest BCUT2D eigenvalue weighted by Crippen LogP contribution is -1.90. The van der Waals surface area contributed by atoms with Crippen molar-refractivity contribution >= 4 is 11.7 Å². The van der Waals surface area contributed by atoms with Gasteiger partial charge in [-0.05, 0) is 24.6 Å². The molecule has 0 aliphatic rings. The van der Waals surface area contributed by atoms with Crippen molar-refractivity contribution < 1.29 is 9.15 Å². The lowest BCUT2D eigenvalue weighted by Gasteiger charge is -2.00. The lowest BCUT2D eigenvalue weighted by molar-refractivity contribution is 0.294. The molecule has 0 bridgehead atoms. The SMILES string of the molecule is COc1nnc(Nc2cccc(C)c2)o1. The average molecular weight is 205 g/mol. The normalized spacial score (nSPS) is 10.0. The van der Waals surface area contributed by atoms with Gasteiger partial charge in [-0.3, -0.25) is 0 Å². The highest BCUT2D eigenvalue weighted by molar-refractivity contribution is 5.52. The molecule has 0 spiro atoms. The van der Waals surface area contributed by atoms with Crippen LogP contribution >= 0.6 is 0 Å². The maximum Gasteiger partial charge on any atom is 0.415 e. The van der Waals surface area contributed by atoms with E-state index < -0.39 is 0 Å². The number of aryl methyl sites for hydroxylation is 1. The van der Waals surface area contributed by atoms with E-state index in [9.17, 15) is 0 Å². The van der Waals surface area contributed by atoms with Gasteiger partial charge in [-0.25, -0.2) is 0 Å². The Balaban J connectivity index is 2.14. The number of rotatable bonds is 3. The van der Waals surface area contributed by atoms with Crippen molar-refractivity contribution in [3.05, 3.63) is 29.8 Å². The van der Waals surface area contributed by atoms with Crippen LogP contribution in [0.4, 0.5) is 11.7 Å². The van der Waals surface area contributed by atoms with Gasteiger partial charge < -0.3 is 14.5 Å². The topological polar surface area (TPSA) is 60.2 Å². The summed E-state index contributed by atoms with van der Waals surface area (Å²) in [4.78, 5) is 0. The second kappa shape index (κ2) is 4.00. The summed E-state index contributed by atoms with van der Waals surface area (Å²) in [6.45, 7) is 2.01. The molecule has 0 aliphatic heterocycles. The van der Waals surface area contributed by atoms with Crippen LogP contribution in [0.5, 0.6) is 6.08 Å². The first-order chi connectivity index (χ1) is 7.28. The van der Waals surface area contributed by atoms with Gasteiger partial charge in [-0.15, -0.1) is 0 Å². The first kappa shape index (κ1) is 9.51. The van der Waals surface area contributed by atoms with Crippen LogP contribution in [-0.4, -0.2) is 17.3 Å². The zero-order valence-electron chi connectivity index (χ0n) is 8.52. The second-order valence-electron chi connectivity index (χ2n) is 3.07. The van der Waals surface area contributed by atoms with E-state index in [1.807, 2.05) is 31.2 Å². The number of benzene rings is 1. The smallest absolute Gasteiger partial charge is 0.415 e. The van der Waals surface area contributed by atoms with Gasteiger partial charge >= 0.3 is 12.1 Å². The Labute approximate surface area is 87.1 Å². The predicted octanol–water partition coefficient (Wildman–Crippen LogP) is 2.13. The monoisotopic (exact) mass is 205 g/mol. The van der Waals surface area contributed by atoms with Crippen molar-refractivity contribution in [3.8, 4) is 6.08 Å². The van der Waals surface area contributed by atoms with Gasteiger partial charge in [0.1, 0.15) is 0 Å². The molecule has 5 nitrogen and oxygen atoms in total. The van der Waals surface area contributed by atoms with E-state index in [2.05, 4.69) is 15.5 Å². The van der Waals surface area contributed by atoms with Gasteiger partial charge in [0.2, 0.25) is 0 Å². The van der Waals surface area contributed by atoms with Crippen molar-refractivity contribution in [3.63, 3.8) is 0 Å². The third-order valence-electron chi connectivity index (χ3n) is 1.85. The van der Waals surface area contributed by atoms with Crippen LogP contribution in [0.3, 0.4) is 0 Å². The summed E-state index contributed by atoms with van der Waals surface area (Å²) in [7, 11) is 1.48. The molecule has 0 radical (unpaired) electrons. The van der Waals surface area contributed by atoms with E-state index in [-0.39, 0.29) is 6.08 Å². The molecule has 78 valence electrons.